The van der Waals surface area contributed by atoms with Crippen molar-refractivity contribution in [3.8, 4) is 0 Å². The minimum atomic E-state index is 0.183. The molecule has 2 aromatic rings. The number of carbonyl (C=O) groups is 1. The van der Waals surface area contributed by atoms with E-state index in [0.717, 1.165) is 37.4 Å². The average Bonchev–Trinajstić information content (AvgIpc) is 3.14. The van der Waals surface area contributed by atoms with Crippen LogP contribution >= 0.6 is 0 Å². The SMILES string of the molecule is BC(=O)N1[C@@H]2CC[C@H]1CN(c1ccnc(Nc3cn[nH]c3)n1)C2. The Hall–Kier alpha value is -2.58. The summed E-state index contributed by atoms with van der Waals surface area (Å²) < 4.78 is 0. The van der Waals surface area contributed by atoms with Crippen molar-refractivity contribution in [2.45, 2.75) is 24.9 Å². The standard InChI is InChI=1S/C14H18BN7O/c15-13(23)22-10-1-2-11(22)8-21(7-10)12-3-4-16-14(20-12)19-9-5-17-18-6-9/h3-6,10-11H,1-2,7-8,15H2,(H,17,18)(H,16,19,20)/t10-,11+. The number of rotatable bonds is 3. The van der Waals surface area contributed by atoms with E-state index in [-0.39, 0.29) is 5.81 Å². The molecule has 0 aromatic carbocycles. The monoisotopic (exact) mass is 311 g/mol. The molecule has 1 amide bonds. The van der Waals surface area contributed by atoms with Gasteiger partial charge in [-0.3, -0.25) is 9.89 Å². The number of H-pyrrole nitrogens is 1. The highest BCUT2D eigenvalue weighted by molar-refractivity contribution is 6.57. The first-order valence-corrected chi connectivity index (χ1v) is 7.83. The highest BCUT2D eigenvalue weighted by Crippen LogP contribution is 2.32. The van der Waals surface area contributed by atoms with Crippen LogP contribution in [0.4, 0.5) is 22.2 Å². The van der Waals surface area contributed by atoms with Crippen molar-refractivity contribution in [3.63, 3.8) is 0 Å². The number of aromatic amines is 1. The van der Waals surface area contributed by atoms with Gasteiger partial charge in [-0.05, 0) is 18.9 Å². The van der Waals surface area contributed by atoms with Crippen LogP contribution < -0.4 is 10.2 Å². The number of nitrogens with zero attached hydrogens (tertiary/aromatic N) is 5. The predicted molar refractivity (Wildman–Crippen MR) is 88.7 cm³/mol. The largest absolute Gasteiger partial charge is 0.352 e. The molecule has 2 aromatic heterocycles. The van der Waals surface area contributed by atoms with Gasteiger partial charge in [0, 0.05) is 37.6 Å². The minimum Gasteiger partial charge on any atom is -0.352 e. The summed E-state index contributed by atoms with van der Waals surface area (Å²) >= 11 is 0. The number of piperazine rings is 1. The van der Waals surface area contributed by atoms with Crippen molar-refractivity contribution in [1.29, 1.82) is 0 Å². The lowest BCUT2D eigenvalue weighted by Gasteiger charge is -2.41. The van der Waals surface area contributed by atoms with Gasteiger partial charge in [0.05, 0.1) is 11.9 Å². The summed E-state index contributed by atoms with van der Waals surface area (Å²) in [5.41, 5.74) is 0.823. The minimum absolute atomic E-state index is 0.183. The molecule has 2 bridgehead atoms. The quantitative estimate of drug-likeness (QED) is 0.795. The van der Waals surface area contributed by atoms with Crippen molar-refractivity contribution in [3.05, 3.63) is 24.7 Å². The van der Waals surface area contributed by atoms with E-state index in [9.17, 15) is 4.79 Å². The topological polar surface area (TPSA) is 90.0 Å². The van der Waals surface area contributed by atoms with Crippen molar-refractivity contribution in [2.75, 3.05) is 23.3 Å². The molecule has 0 unspecified atom stereocenters. The lowest BCUT2D eigenvalue weighted by molar-refractivity contribution is 0.184. The Kier molecular flexibility index (Phi) is 3.40. The normalized spacial score (nSPS) is 23.1. The molecule has 4 rings (SSSR count). The molecule has 2 aliphatic rings. The third-order valence-corrected chi connectivity index (χ3v) is 4.57. The second-order valence-corrected chi connectivity index (χ2v) is 6.07. The van der Waals surface area contributed by atoms with Gasteiger partial charge < -0.3 is 15.1 Å². The fourth-order valence-corrected chi connectivity index (χ4v) is 3.64. The Balaban J connectivity index is 1.52. The number of carbonyl (C=O) groups excluding carboxylic acids is 1. The number of anilines is 3. The van der Waals surface area contributed by atoms with Gasteiger partial charge in [0.2, 0.25) is 13.8 Å². The molecule has 23 heavy (non-hydrogen) atoms. The molecule has 0 saturated carbocycles. The third kappa shape index (κ3) is 2.62. The van der Waals surface area contributed by atoms with Gasteiger partial charge in [0.15, 0.2) is 5.81 Å². The molecule has 2 atom stereocenters. The molecule has 9 heteroatoms. The van der Waals surface area contributed by atoms with Crippen LogP contribution in [-0.2, 0) is 0 Å². The first kappa shape index (κ1) is 14.0. The molecule has 2 N–H and O–H groups in total. The summed E-state index contributed by atoms with van der Waals surface area (Å²) in [6, 6.07) is 2.52. The van der Waals surface area contributed by atoms with Crippen LogP contribution in [-0.4, -0.2) is 63.9 Å². The molecule has 0 aliphatic carbocycles. The Morgan fingerprint density at radius 3 is 2.78 bits per heavy atom. The Labute approximate surface area is 134 Å². The molecule has 4 heterocycles. The van der Waals surface area contributed by atoms with Gasteiger partial charge in [-0.25, -0.2) is 4.98 Å². The molecule has 118 valence electrons. The maximum atomic E-state index is 11.8. The van der Waals surface area contributed by atoms with E-state index in [1.54, 1.807) is 26.4 Å². The average molecular weight is 311 g/mol. The fourth-order valence-electron chi connectivity index (χ4n) is 3.64. The molecule has 2 aliphatic heterocycles. The number of aromatic nitrogens is 4. The van der Waals surface area contributed by atoms with Crippen LogP contribution in [0.1, 0.15) is 12.8 Å². The Morgan fingerprint density at radius 1 is 1.35 bits per heavy atom. The van der Waals surface area contributed by atoms with Gasteiger partial charge in [0.1, 0.15) is 5.82 Å². The van der Waals surface area contributed by atoms with Crippen molar-refractivity contribution in [2.24, 2.45) is 0 Å². The zero-order chi connectivity index (χ0) is 15.8. The number of hydrogen-bond donors (Lipinski definition) is 2. The Bertz CT molecular complexity index is 693. The van der Waals surface area contributed by atoms with Crippen molar-refractivity contribution < 1.29 is 4.79 Å². The molecule has 0 radical (unpaired) electrons. The van der Waals surface area contributed by atoms with E-state index < -0.39 is 0 Å². The van der Waals surface area contributed by atoms with Gasteiger partial charge >= 0.3 is 0 Å². The highest BCUT2D eigenvalue weighted by Gasteiger charge is 2.41. The maximum absolute atomic E-state index is 11.8. The molecule has 2 saturated heterocycles. The first-order chi connectivity index (χ1) is 11.2. The number of amides is 1. The second-order valence-electron chi connectivity index (χ2n) is 6.07. The van der Waals surface area contributed by atoms with Crippen LogP contribution in [0.25, 0.3) is 0 Å². The number of fused-ring (bicyclic) bond motifs is 2. The highest BCUT2D eigenvalue weighted by atomic mass is 16.2. The van der Waals surface area contributed by atoms with Crippen LogP contribution in [0.3, 0.4) is 0 Å². The van der Waals surface area contributed by atoms with Gasteiger partial charge in [-0.1, -0.05) is 0 Å². The number of nitrogens with one attached hydrogen (secondary N) is 2. The smallest absolute Gasteiger partial charge is 0.229 e. The molecular weight excluding hydrogens is 293 g/mol. The zero-order valence-electron chi connectivity index (χ0n) is 12.9. The fraction of sp³-hybridized carbons (Fsp3) is 0.429. The Morgan fingerprint density at radius 2 is 2.13 bits per heavy atom. The van der Waals surface area contributed by atoms with Gasteiger partial charge in [-0.15, -0.1) is 0 Å². The van der Waals surface area contributed by atoms with Crippen LogP contribution in [0, 0.1) is 0 Å². The van der Waals surface area contributed by atoms with Crippen LogP contribution in [0.15, 0.2) is 24.7 Å². The summed E-state index contributed by atoms with van der Waals surface area (Å²) in [6.45, 7) is 1.66. The zero-order valence-corrected chi connectivity index (χ0v) is 12.9. The molecular formula is C14H18BN7O. The number of hydrogen-bond acceptors (Lipinski definition) is 6. The van der Waals surface area contributed by atoms with E-state index in [4.69, 9.17) is 0 Å². The maximum Gasteiger partial charge on any atom is 0.229 e. The molecule has 8 nitrogen and oxygen atoms in total. The van der Waals surface area contributed by atoms with Gasteiger partial charge in [-0.2, -0.15) is 10.1 Å². The van der Waals surface area contributed by atoms with E-state index in [2.05, 4.69) is 30.4 Å². The summed E-state index contributed by atoms with van der Waals surface area (Å²) in [6.07, 6.45) is 7.34. The van der Waals surface area contributed by atoms with Gasteiger partial charge in [0.25, 0.3) is 0 Å². The van der Waals surface area contributed by atoms with E-state index in [1.807, 2.05) is 11.0 Å². The lowest BCUT2D eigenvalue weighted by atomic mass is 10.0. The van der Waals surface area contributed by atoms with Crippen molar-refractivity contribution in [1.82, 2.24) is 25.1 Å². The predicted octanol–water partition coefficient (Wildman–Crippen LogP) is 0.349. The summed E-state index contributed by atoms with van der Waals surface area (Å²) in [5, 5.41) is 9.76. The van der Waals surface area contributed by atoms with Crippen molar-refractivity contribution >= 4 is 31.1 Å². The van der Waals surface area contributed by atoms with Crippen LogP contribution in [0.2, 0.25) is 0 Å². The van der Waals surface area contributed by atoms with E-state index in [1.165, 1.54) is 0 Å². The molecule has 0 spiro atoms. The lowest BCUT2D eigenvalue weighted by Crippen LogP contribution is -2.55. The van der Waals surface area contributed by atoms with E-state index in [0.29, 0.717) is 18.0 Å². The summed E-state index contributed by atoms with van der Waals surface area (Å²) in [4.78, 5) is 24.9. The van der Waals surface area contributed by atoms with Crippen LogP contribution in [0.5, 0.6) is 0 Å². The van der Waals surface area contributed by atoms with E-state index >= 15 is 0 Å². The third-order valence-electron chi connectivity index (χ3n) is 4.57. The summed E-state index contributed by atoms with van der Waals surface area (Å²) in [5.74, 6) is 1.62. The first-order valence-electron chi connectivity index (χ1n) is 7.83. The summed E-state index contributed by atoms with van der Waals surface area (Å²) in [7, 11) is 1.67. The second kappa shape index (κ2) is 5.56. The molecule has 2 fully saturated rings.